The van der Waals surface area contributed by atoms with Gasteiger partial charge in [0.2, 0.25) is 0 Å². The zero-order valence-corrected chi connectivity index (χ0v) is 13.8. The maximum atomic E-state index is 12.5. The van der Waals surface area contributed by atoms with Crippen LogP contribution in [0.1, 0.15) is 5.56 Å². The van der Waals surface area contributed by atoms with Gasteiger partial charge in [0.15, 0.2) is 0 Å². The lowest BCUT2D eigenvalue weighted by Gasteiger charge is -2.10. The van der Waals surface area contributed by atoms with Gasteiger partial charge in [0.25, 0.3) is 15.7 Å². The number of hydrogen-bond donors (Lipinski definition) is 1. The van der Waals surface area contributed by atoms with E-state index in [2.05, 4.69) is 9.82 Å². The normalized spacial score (nSPS) is 11.2. The molecule has 0 atom stereocenters. The first-order valence-corrected chi connectivity index (χ1v) is 8.76. The number of nitrogens with zero attached hydrogens (tertiary/aromatic N) is 3. The molecule has 25 heavy (non-hydrogen) atoms. The molecule has 3 rings (SSSR count). The quantitative estimate of drug-likeness (QED) is 0.538. The molecule has 3 aromatic rings. The van der Waals surface area contributed by atoms with Gasteiger partial charge in [-0.25, -0.2) is 8.42 Å². The zero-order valence-electron chi connectivity index (χ0n) is 12.9. The first-order chi connectivity index (χ1) is 11.9. The smallest absolute Gasteiger partial charge is 0.270 e. The molecule has 0 aliphatic rings. The summed E-state index contributed by atoms with van der Waals surface area (Å²) in [5, 5.41) is 14.9. The Bertz CT molecular complexity index is 1000. The van der Waals surface area contributed by atoms with Crippen LogP contribution in [0.15, 0.2) is 71.9 Å². The third-order valence-corrected chi connectivity index (χ3v) is 4.80. The molecular weight excluding hydrogens is 344 g/mol. The Kier molecular flexibility index (Phi) is 4.48. The fraction of sp³-hybridized carbons (Fsp3) is 0.0625. The highest BCUT2D eigenvalue weighted by molar-refractivity contribution is 7.92. The number of non-ortho nitro benzene ring substituents is 1. The van der Waals surface area contributed by atoms with Gasteiger partial charge in [-0.2, -0.15) is 5.10 Å². The van der Waals surface area contributed by atoms with Gasteiger partial charge in [0.1, 0.15) is 0 Å². The SMILES string of the molecule is O=[N+]([O-])c1cccc(S(=O)(=O)Nc2cccc(Cn3cccn3)c2)c1. The molecule has 0 saturated heterocycles. The lowest BCUT2D eigenvalue weighted by Crippen LogP contribution is -2.13. The molecule has 9 heteroatoms. The van der Waals surface area contributed by atoms with Crippen LogP contribution in [0.2, 0.25) is 0 Å². The van der Waals surface area contributed by atoms with Crippen LogP contribution >= 0.6 is 0 Å². The van der Waals surface area contributed by atoms with E-state index in [1.165, 1.54) is 18.2 Å². The van der Waals surface area contributed by atoms with E-state index < -0.39 is 14.9 Å². The van der Waals surface area contributed by atoms with Crippen LogP contribution in [0.3, 0.4) is 0 Å². The summed E-state index contributed by atoms with van der Waals surface area (Å²) in [7, 11) is -3.93. The van der Waals surface area contributed by atoms with E-state index in [1.54, 1.807) is 41.3 Å². The van der Waals surface area contributed by atoms with Crippen molar-refractivity contribution >= 4 is 21.4 Å². The first-order valence-electron chi connectivity index (χ1n) is 7.28. The average molecular weight is 358 g/mol. The predicted octanol–water partition coefficient (Wildman–Crippen LogP) is 2.64. The standard InChI is InChI=1S/C16H14N4O4S/c21-20(22)15-6-2-7-16(11-15)25(23,24)18-14-5-1-4-13(10-14)12-19-9-3-8-17-19/h1-11,18H,12H2. The van der Waals surface area contributed by atoms with E-state index in [0.29, 0.717) is 12.2 Å². The number of nitro benzene ring substituents is 1. The zero-order chi connectivity index (χ0) is 17.9. The third kappa shape index (κ3) is 4.01. The van der Waals surface area contributed by atoms with Crippen molar-refractivity contribution in [1.29, 1.82) is 0 Å². The van der Waals surface area contributed by atoms with Gasteiger partial charge in [-0.3, -0.25) is 19.5 Å². The Morgan fingerprint density at radius 1 is 1.12 bits per heavy atom. The fourth-order valence-electron chi connectivity index (χ4n) is 2.29. The lowest BCUT2D eigenvalue weighted by molar-refractivity contribution is -0.385. The molecule has 0 fully saturated rings. The van der Waals surface area contributed by atoms with Crippen molar-refractivity contribution in [2.75, 3.05) is 4.72 Å². The third-order valence-electron chi connectivity index (χ3n) is 3.42. The summed E-state index contributed by atoms with van der Waals surface area (Å²) < 4.78 is 29.1. The molecule has 0 bridgehead atoms. The number of nitrogens with one attached hydrogen (secondary N) is 1. The van der Waals surface area contributed by atoms with Crippen molar-refractivity contribution in [2.45, 2.75) is 11.4 Å². The molecule has 1 N–H and O–H groups in total. The van der Waals surface area contributed by atoms with Crippen LogP contribution in [0.5, 0.6) is 0 Å². The summed E-state index contributed by atoms with van der Waals surface area (Å²) in [6.07, 6.45) is 3.47. The summed E-state index contributed by atoms with van der Waals surface area (Å²) in [6, 6.07) is 13.6. The molecule has 0 radical (unpaired) electrons. The van der Waals surface area contributed by atoms with Gasteiger partial charge < -0.3 is 0 Å². The second kappa shape index (κ2) is 6.73. The van der Waals surface area contributed by atoms with E-state index >= 15 is 0 Å². The monoisotopic (exact) mass is 358 g/mol. The topological polar surface area (TPSA) is 107 Å². The molecule has 1 heterocycles. The van der Waals surface area contributed by atoms with E-state index in [4.69, 9.17) is 0 Å². The van der Waals surface area contributed by atoms with Crippen LogP contribution in [0.25, 0.3) is 0 Å². The van der Waals surface area contributed by atoms with Crippen molar-refractivity contribution in [1.82, 2.24) is 9.78 Å². The van der Waals surface area contributed by atoms with Crippen molar-refractivity contribution < 1.29 is 13.3 Å². The minimum absolute atomic E-state index is 0.167. The number of benzene rings is 2. The molecule has 8 nitrogen and oxygen atoms in total. The number of aromatic nitrogens is 2. The van der Waals surface area contributed by atoms with Gasteiger partial charge in [-0.15, -0.1) is 0 Å². The average Bonchev–Trinajstić information content (AvgIpc) is 3.08. The Hall–Kier alpha value is -3.20. The highest BCUT2D eigenvalue weighted by Crippen LogP contribution is 2.21. The molecule has 0 amide bonds. The van der Waals surface area contributed by atoms with Gasteiger partial charge in [-0.05, 0) is 29.8 Å². The molecule has 128 valence electrons. The molecule has 2 aromatic carbocycles. The number of sulfonamides is 1. The highest BCUT2D eigenvalue weighted by atomic mass is 32.2. The van der Waals surface area contributed by atoms with Crippen LogP contribution in [0, 0.1) is 10.1 Å². The minimum Gasteiger partial charge on any atom is -0.280 e. The maximum absolute atomic E-state index is 12.5. The van der Waals surface area contributed by atoms with Crippen molar-refractivity contribution in [3.63, 3.8) is 0 Å². The van der Waals surface area contributed by atoms with E-state index in [1.807, 2.05) is 6.07 Å². The Labute approximate surface area is 143 Å². The summed E-state index contributed by atoms with van der Waals surface area (Å²) in [4.78, 5) is 10.0. The Morgan fingerprint density at radius 3 is 2.64 bits per heavy atom. The predicted molar refractivity (Wildman–Crippen MR) is 91.7 cm³/mol. The molecule has 0 aliphatic carbocycles. The summed E-state index contributed by atoms with van der Waals surface area (Å²) >= 11 is 0. The van der Waals surface area contributed by atoms with E-state index in [-0.39, 0.29) is 10.6 Å². The van der Waals surface area contributed by atoms with Crippen LogP contribution in [-0.4, -0.2) is 23.1 Å². The summed E-state index contributed by atoms with van der Waals surface area (Å²) in [6.45, 7) is 0.499. The van der Waals surface area contributed by atoms with Gasteiger partial charge in [0, 0.05) is 30.2 Å². The maximum Gasteiger partial charge on any atom is 0.270 e. The molecule has 0 unspecified atom stereocenters. The molecular formula is C16H14N4O4S. The lowest BCUT2D eigenvalue weighted by atomic mass is 10.2. The number of hydrogen-bond acceptors (Lipinski definition) is 5. The minimum atomic E-state index is -3.93. The summed E-state index contributed by atoms with van der Waals surface area (Å²) in [5.41, 5.74) is 0.953. The number of rotatable bonds is 6. The van der Waals surface area contributed by atoms with Crippen molar-refractivity contribution in [2.24, 2.45) is 0 Å². The second-order valence-electron chi connectivity index (χ2n) is 5.26. The number of anilines is 1. The van der Waals surface area contributed by atoms with Gasteiger partial charge in [-0.1, -0.05) is 18.2 Å². The summed E-state index contributed by atoms with van der Waals surface area (Å²) in [5.74, 6) is 0. The van der Waals surface area contributed by atoms with Crippen LogP contribution < -0.4 is 4.72 Å². The molecule has 0 spiro atoms. The van der Waals surface area contributed by atoms with Crippen LogP contribution in [-0.2, 0) is 16.6 Å². The van der Waals surface area contributed by atoms with Gasteiger partial charge in [0.05, 0.1) is 16.4 Å². The Morgan fingerprint density at radius 2 is 1.92 bits per heavy atom. The largest absolute Gasteiger partial charge is 0.280 e. The fourth-order valence-corrected chi connectivity index (χ4v) is 3.38. The first kappa shape index (κ1) is 16.7. The number of nitro groups is 1. The molecule has 0 saturated carbocycles. The van der Waals surface area contributed by atoms with Gasteiger partial charge >= 0.3 is 0 Å². The Balaban J connectivity index is 1.83. The van der Waals surface area contributed by atoms with Crippen LogP contribution in [0.4, 0.5) is 11.4 Å². The second-order valence-corrected chi connectivity index (χ2v) is 6.95. The van der Waals surface area contributed by atoms with E-state index in [9.17, 15) is 18.5 Å². The molecule has 1 aromatic heterocycles. The van der Waals surface area contributed by atoms with E-state index in [0.717, 1.165) is 11.6 Å². The van der Waals surface area contributed by atoms with Crippen molar-refractivity contribution in [3.8, 4) is 0 Å². The highest BCUT2D eigenvalue weighted by Gasteiger charge is 2.17. The molecule has 0 aliphatic heterocycles. The van der Waals surface area contributed by atoms with Crippen molar-refractivity contribution in [3.05, 3.63) is 82.7 Å².